The Morgan fingerprint density at radius 3 is 2.86 bits per heavy atom. The third kappa shape index (κ3) is 2.55. The molecule has 0 bridgehead atoms. The van der Waals surface area contributed by atoms with Gasteiger partial charge in [0.1, 0.15) is 16.5 Å². The lowest BCUT2D eigenvalue weighted by Gasteiger charge is -2.02. The van der Waals surface area contributed by atoms with Crippen LogP contribution in [-0.4, -0.2) is 26.9 Å². The smallest absolute Gasteiger partial charge is 0.296 e. The van der Waals surface area contributed by atoms with Crippen molar-refractivity contribution in [3.05, 3.63) is 50.9 Å². The molecule has 0 radical (unpaired) electrons. The molecule has 0 N–H and O–H groups in total. The highest BCUT2D eigenvalue weighted by Crippen LogP contribution is 2.21. The van der Waals surface area contributed by atoms with Crippen molar-refractivity contribution in [1.29, 1.82) is 0 Å². The van der Waals surface area contributed by atoms with Crippen molar-refractivity contribution in [3.63, 3.8) is 0 Å². The number of ether oxygens (including phenoxy) is 1. The summed E-state index contributed by atoms with van der Waals surface area (Å²) in [5, 5.41) is 12.7. The highest BCUT2D eigenvalue weighted by molar-refractivity contribution is 7.17. The van der Waals surface area contributed by atoms with Gasteiger partial charge in [0.25, 0.3) is 5.56 Å². The highest BCUT2D eigenvalue weighted by atomic mass is 32.1. The van der Waals surface area contributed by atoms with E-state index in [0.717, 1.165) is 11.3 Å². The van der Waals surface area contributed by atoms with E-state index in [9.17, 15) is 4.79 Å². The van der Waals surface area contributed by atoms with Crippen molar-refractivity contribution in [3.8, 4) is 5.75 Å². The summed E-state index contributed by atoms with van der Waals surface area (Å²) in [5.74, 6) is 0.780. The van der Waals surface area contributed by atoms with E-state index in [0.29, 0.717) is 15.7 Å². The standard InChI is InChI=1S/C14H12N4O2S/c1-9-13(19)18-14(16-15-9)21-12(17-18)8-7-10-5-3-4-6-11(10)20-2/h3-8H,1-2H3. The lowest BCUT2D eigenvalue weighted by molar-refractivity contribution is 0.414. The molecule has 0 aliphatic carbocycles. The first-order chi connectivity index (χ1) is 10.2. The molecule has 1 aromatic carbocycles. The monoisotopic (exact) mass is 300 g/mol. The van der Waals surface area contributed by atoms with Gasteiger partial charge in [-0.1, -0.05) is 29.5 Å². The van der Waals surface area contributed by atoms with Crippen molar-refractivity contribution in [1.82, 2.24) is 19.8 Å². The van der Waals surface area contributed by atoms with E-state index in [2.05, 4.69) is 15.3 Å². The zero-order chi connectivity index (χ0) is 14.8. The molecule has 0 atom stereocenters. The number of nitrogens with zero attached hydrogens (tertiary/aromatic N) is 4. The fraction of sp³-hybridized carbons (Fsp3) is 0.143. The Kier molecular flexibility index (Phi) is 3.49. The molecule has 0 fully saturated rings. The van der Waals surface area contributed by atoms with Crippen LogP contribution in [0.4, 0.5) is 0 Å². The second-order valence-electron chi connectivity index (χ2n) is 4.30. The zero-order valence-corrected chi connectivity index (χ0v) is 12.3. The maximum Gasteiger partial charge on any atom is 0.296 e. The molecule has 0 spiro atoms. The van der Waals surface area contributed by atoms with Crippen LogP contribution >= 0.6 is 11.3 Å². The second-order valence-corrected chi connectivity index (χ2v) is 5.29. The molecule has 0 saturated carbocycles. The summed E-state index contributed by atoms with van der Waals surface area (Å²) in [5.41, 5.74) is 1.03. The van der Waals surface area contributed by atoms with E-state index in [-0.39, 0.29) is 5.56 Å². The van der Waals surface area contributed by atoms with Crippen molar-refractivity contribution >= 4 is 28.4 Å². The molecule has 3 rings (SSSR count). The number of hydrogen-bond acceptors (Lipinski definition) is 6. The highest BCUT2D eigenvalue weighted by Gasteiger charge is 2.07. The average molecular weight is 300 g/mol. The minimum atomic E-state index is -0.242. The van der Waals surface area contributed by atoms with E-state index < -0.39 is 0 Å². The van der Waals surface area contributed by atoms with Crippen LogP contribution in [-0.2, 0) is 0 Å². The Hall–Kier alpha value is -2.54. The van der Waals surface area contributed by atoms with Crippen LogP contribution in [0.5, 0.6) is 5.75 Å². The Balaban J connectivity index is 2.00. The molecule has 0 amide bonds. The number of hydrogen-bond donors (Lipinski definition) is 0. The van der Waals surface area contributed by atoms with Gasteiger partial charge in [0.2, 0.25) is 4.96 Å². The Morgan fingerprint density at radius 1 is 1.24 bits per heavy atom. The average Bonchev–Trinajstić information content (AvgIpc) is 2.93. The van der Waals surface area contributed by atoms with Crippen molar-refractivity contribution in [2.45, 2.75) is 6.92 Å². The summed E-state index contributed by atoms with van der Waals surface area (Å²) in [7, 11) is 1.63. The van der Waals surface area contributed by atoms with E-state index in [1.54, 1.807) is 14.0 Å². The molecular weight excluding hydrogens is 288 g/mol. The number of aromatic nitrogens is 4. The van der Waals surface area contributed by atoms with Gasteiger partial charge in [0.15, 0.2) is 0 Å². The van der Waals surface area contributed by atoms with Gasteiger partial charge in [0.05, 0.1) is 7.11 Å². The minimum absolute atomic E-state index is 0.242. The molecule has 2 heterocycles. The van der Waals surface area contributed by atoms with Crippen molar-refractivity contribution < 1.29 is 4.74 Å². The lowest BCUT2D eigenvalue weighted by atomic mass is 10.2. The molecule has 0 unspecified atom stereocenters. The number of fused-ring (bicyclic) bond motifs is 1. The van der Waals surface area contributed by atoms with E-state index >= 15 is 0 Å². The molecule has 106 valence electrons. The topological polar surface area (TPSA) is 69.4 Å². The van der Waals surface area contributed by atoms with Gasteiger partial charge in [-0.15, -0.1) is 10.2 Å². The van der Waals surface area contributed by atoms with Gasteiger partial charge in [0, 0.05) is 5.56 Å². The first-order valence-electron chi connectivity index (χ1n) is 6.23. The van der Waals surface area contributed by atoms with Crippen LogP contribution in [0.1, 0.15) is 16.3 Å². The normalized spacial score (nSPS) is 11.3. The van der Waals surface area contributed by atoms with Crippen LogP contribution in [0.15, 0.2) is 29.1 Å². The van der Waals surface area contributed by atoms with Crippen LogP contribution < -0.4 is 10.3 Å². The Labute approximate surface area is 124 Å². The minimum Gasteiger partial charge on any atom is -0.496 e. The van der Waals surface area contributed by atoms with Gasteiger partial charge in [-0.3, -0.25) is 4.79 Å². The third-order valence-corrected chi connectivity index (χ3v) is 3.77. The van der Waals surface area contributed by atoms with Crippen LogP contribution in [0, 0.1) is 6.92 Å². The van der Waals surface area contributed by atoms with Gasteiger partial charge < -0.3 is 4.74 Å². The zero-order valence-electron chi connectivity index (χ0n) is 11.5. The summed E-state index contributed by atoms with van der Waals surface area (Å²) < 4.78 is 6.55. The lowest BCUT2D eigenvalue weighted by Crippen LogP contribution is -2.19. The van der Waals surface area contributed by atoms with E-state index in [1.807, 2.05) is 36.4 Å². The Bertz CT molecular complexity index is 882. The summed E-state index contributed by atoms with van der Waals surface area (Å²) >= 11 is 1.30. The summed E-state index contributed by atoms with van der Waals surface area (Å²) in [6, 6.07) is 7.67. The summed E-state index contributed by atoms with van der Waals surface area (Å²) in [6.45, 7) is 1.62. The number of aryl methyl sites for hydroxylation is 1. The molecule has 3 aromatic rings. The maximum atomic E-state index is 11.9. The SMILES string of the molecule is COc1ccccc1C=Cc1nn2c(=O)c(C)nnc2s1. The molecule has 2 aromatic heterocycles. The molecule has 0 saturated heterocycles. The molecule has 0 aliphatic heterocycles. The van der Waals surface area contributed by atoms with Gasteiger partial charge in [-0.2, -0.15) is 9.61 Å². The van der Waals surface area contributed by atoms with Gasteiger partial charge >= 0.3 is 0 Å². The van der Waals surface area contributed by atoms with Crippen LogP contribution in [0.2, 0.25) is 0 Å². The molecular formula is C14H12N4O2S. The molecule has 6 nitrogen and oxygen atoms in total. The Morgan fingerprint density at radius 2 is 2.05 bits per heavy atom. The first-order valence-corrected chi connectivity index (χ1v) is 7.05. The second kappa shape index (κ2) is 5.45. The third-order valence-electron chi connectivity index (χ3n) is 2.91. The number of benzene rings is 1. The first kappa shape index (κ1) is 13.4. The summed E-state index contributed by atoms with van der Waals surface area (Å²) in [6.07, 6.45) is 3.72. The van der Waals surface area contributed by atoms with Gasteiger partial charge in [-0.05, 0) is 25.1 Å². The number of rotatable bonds is 3. The van der Waals surface area contributed by atoms with Crippen LogP contribution in [0.3, 0.4) is 0 Å². The number of methoxy groups -OCH3 is 1. The van der Waals surface area contributed by atoms with Crippen molar-refractivity contribution in [2.75, 3.05) is 7.11 Å². The molecule has 21 heavy (non-hydrogen) atoms. The predicted molar refractivity (Wildman–Crippen MR) is 81.6 cm³/mol. The maximum absolute atomic E-state index is 11.9. The van der Waals surface area contributed by atoms with Crippen LogP contribution in [0.25, 0.3) is 17.1 Å². The van der Waals surface area contributed by atoms with Gasteiger partial charge in [-0.25, -0.2) is 0 Å². The van der Waals surface area contributed by atoms with Crippen molar-refractivity contribution in [2.24, 2.45) is 0 Å². The number of para-hydroxylation sites is 1. The summed E-state index contributed by atoms with van der Waals surface area (Å²) in [4.78, 5) is 12.4. The quantitative estimate of drug-likeness (QED) is 0.740. The van der Waals surface area contributed by atoms with E-state index in [4.69, 9.17) is 4.74 Å². The fourth-order valence-corrected chi connectivity index (χ4v) is 2.58. The largest absolute Gasteiger partial charge is 0.496 e. The predicted octanol–water partition coefficient (Wildman–Crippen LogP) is 2.03. The molecule has 7 heteroatoms. The molecule has 0 aliphatic rings. The van der Waals surface area contributed by atoms with E-state index in [1.165, 1.54) is 15.9 Å². The fourth-order valence-electron chi connectivity index (χ4n) is 1.84.